The molecule has 0 N–H and O–H groups in total. The van der Waals surface area contributed by atoms with Gasteiger partial charge < -0.3 is 19.6 Å². The normalized spacial score (nSPS) is 17.1. The summed E-state index contributed by atoms with van der Waals surface area (Å²) in [5.41, 5.74) is 44.4. The number of allylic oxidation sites excluding steroid dienone is 7. The molecule has 132 heavy (non-hydrogen) atoms. The molecule has 0 unspecified atom stereocenters. The molecule has 9 aliphatic rings. The molecule has 0 saturated heterocycles. The van der Waals surface area contributed by atoms with Gasteiger partial charge in [0.15, 0.2) is 0 Å². The highest BCUT2D eigenvalue weighted by Gasteiger charge is 2.31. The Hall–Kier alpha value is -12.0. The molecule has 666 valence electrons. The summed E-state index contributed by atoms with van der Waals surface area (Å²) >= 11 is 0. The maximum absolute atomic E-state index is 2.58. The molecule has 8 saturated carbocycles. The minimum Gasteiger partial charge on any atom is -0.310 e. The highest BCUT2D eigenvalue weighted by molar-refractivity contribution is 6.07. The summed E-state index contributed by atoms with van der Waals surface area (Å²) in [4.78, 5) is 10.2. The largest absolute Gasteiger partial charge is 0.310 e. The standard InChI is InChI=1S/C128H134N4/c1-9-25-93(26-10-1)81-101-41-57-109(58-42-101)129(110-59-43-102(44-60-110)82-94-27-11-2-12-28-94)117-73-77-121-125(89-117)122-78-74-118(130(111-61-45-103(46-62-111)83-95-29-13-3-14-30-95)112-63-47-104(48-64-112)84-96-31-15-4-16-32-96)91-127(122)124-80-76-120(132(115-69-53-107(54-70-115)87-99-37-21-7-22-38-99)116-71-55-108(56-72-116)88-100-39-23-8-24-40-100)92-128(124)123-79-75-119(90-126(121)123)131(113-65-49-105(50-66-113)85-97-33-17-5-18-34-97)114-67-51-106(52-68-114)86-98-35-19-6-20-36-98/h41-87,89-92,100H,1-40,88H2. The highest BCUT2D eigenvalue weighted by atomic mass is 15.2. The molecule has 0 aromatic heterocycles. The van der Waals surface area contributed by atoms with E-state index >= 15 is 0 Å². The van der Waals surface area contributed by atoms with Crippen LogP contribution in [0.25, 0.3) is 87.0 Å². The molecule has 9 aliphatic carbocycles. The molecule has 12 aromatic carbocycles. The molecule has 0 radical (unpaired) electrons. The van der Waals surface area contributed by atoms with E-state index in [1.54, 1.807) is 39.0 Å². The van der Waals surface area contributed by atoms with Crippen molar-refractivity contribution in [2.24, 2.45) is 5.92 Å². The first-order chi connectivity index (χ1) is 65.3. The Morgan fingerprint density at radius 2 is 0.318 bits per heavy atom. The SMILES string of the molecule is C(=C1CCCCC1)c1ccc(N(c2ccc(C=C3CCCCC3)cc2)c2ccc3c(c2)-c2ccc(N(c4ccc(C=C5CCCCC5)cc4)c4ccc(C=C5CCCCC5)cc4)cc2-c2ccc(N(c4ccc(C=C5CCCCC5)cc4)c4ccc(CC5CCCCC5)cc4)cc2-c2ccc(N(c4ccc(C=C5CCCCC5)cc4)c4ccc(C=C5CCCCC5)cc4)cc2-3)cc1. The zero-order chi connectivity index (χ0) is 88.1. The van der Waals surface area contributed by atoms with Crippen molar-refractivity contribution >= 4 is 111 Å². The van der Waals surface area contributed by atoms with Crippen LogP contribution in [0.15, 0.2) is 306 Å². The number of rotatable bonds is 21. The fraction of sp³-hybridized carbons (Fsp3) is 0.328. The van der Waals surface area contributed by atoms with Gasteiger partial charge in [-0.2, -0.15) is 0 Å². The first-order valence-electron chi connectivity index (χ1n) is 51.8. The number of hydrogen-bond donors (Lipinski definition) is 0. The van der Waals surface area contributed by atoms with Crippen LogP contribution in [0.4, 0.5) is 68.2 Å². The van der Waals surface area contributed by atoms with Crippen molar-refractivity contribution in [3.05, 3.63) is 350 Å². The van der Waals surface area contributed by atoms with Crippen LogP contribution < -0.4 is 19.6 Å². The van der Waals surface area contributed by atoms with E-state index in [0.717, 1.165) is 80.6 Å². The average molecular weight is 1730 g/mol. The first-order valence-corrected chi connectivity index (χ1v) is 51.8. The van der Waals surface area contributed by atoms with Crippen molar-refractivity contribution in [2.45, 2.75) is 263 Å². The molecule has 4 nitrogen and oxygen atoms in total. The molecule has 21 rings (SSSR count). The van der Waals surface area contributed by atoms with Crippen LogP contribution in [0.3, 0.4) is 0 Å². The lowest BCUT2D eigenvalue weighted by Crippen LogP contribution is -2.13. The molecule has 4 heteroatoms. The van der Waals surface area contributed by atoms with E-state index in [1.807, 2.05) is 0 Å². The molecule has 0 amide bonds. The first kappa shape index (κ1) is 86.7. The Morgan fingerprint density at radius 1 is 0.159 bits per heavy atom. The Labute approximate surface area is 789 Å². The van der Waals surface area contributed by atoms with E-state index < -0.39 is 0 Å². The lowest BCUT2D eigenvalue weighted by atomic mass is 9.80. The average Bonchev–Trinajstić information content (AvgIpc) is 0.725. The number of nitrogens with zero attached hydrogens (tertiary/aromatic N) is 4. The van der Waals surface area contributed by atoms with Gasteiger partial charge >= 0.3 is 0 Å². The molecule has 0 spiro atoms. The fourth-order valence-corrected chi connectivity index (χ4v) is 23.5. The molecule has 8 fully saturated rings. The Kier molecular flexibility index (Phi) is 27.2. The van der Waals surface area contributed by atoms with E-state index in [-0.39, 0.29) is 0 Å². The van der Waals surface area contributed by atoms with Crippen LogP contribution in [-0.2, 0) is 6.42 Å². The fourth-order valence-electron chi connectivity index (χ4n) is 23.5. The Morgan fingerprint density at radius 3 is 0.500 bits per heavy atom. The van der Waals surface area contributed by atoms with Crippen LogP contribution in [0.1, 0.15) is 301 Å². The summed E-state index contributed by atoms with van der Waals surface area (Å²) in [6.07, 6.45) is 69.1. The summed E-state index contributed by atoms with van der Waals surface area (Å²) in [6.45, 7) is 0. The van der Waals surface area contributed by atoms with Crippen LogP contribution in [0, 0.1) is 5.92 Å². The van der Waals surface area contributed by atoms with Gasteiger partial charge in [0, 0.05) is 68.2 Å². The molecule has 0 heterocycles. The third-order valence-corrected chi connectivity index (χ3v) is 30.8. The minimum atomic E-state index is 0.739. The van der Waals surface area contributed by atoms with E-state index in [1.165, 1.54) is 346 Å². The predicted molar refractivity (Wildman–Crippen MR) is 568 cm³/mol. The molecular formula is C128H134N4. The second-order valence-corrected chi connectivity index (χ2v) is 40.3. The van der Waals surface area contributed by atoms with Crippen molar-refractivity contribution in [1.82, 2.24) is 0 Å². The van der Waals surface area contributed by atoms with E-state index in [2.05, 4.69) is 329 Å². The summed E-state index contributed by atoms with van der Waals surface area (Å²) in [5, 5.41) is 0. The van der Waals surface area contributed by atoms with Gasteiger partial charge in [-0.25, -0.2) is 0 Å². The minimum absolute atomic E-state index is 0.739. The van der Waals surface area contributed by atoms with Gasteiger partial charge in [0.05, 0.1) is 0 Å². The maximum Gasteiger partial charge on any atom is 0.0468 e. The van der Waals surface area contributed by atoms with Gasteiger partial charge in [0.25, 0.3) is 0 Å². The summed E-state index contributed by atoms with van der Waals surface area (Å²) in [5.74, 6) is 0.739. The summed E-state index contributed by atoms with van der Waals surface area (Å²) < 4.78 is 0. The van der Waals surface area contributed by atoms with Crippen molar-refractivity contribution in [2.75, 3.05) is 19.6 Å². The van der Waals surface area contributed by atoms with Gasteiger partial charge in [-0.05, 0) is 427 Å². The van der Waals surface area contributed by atoms with Gasteiger partial charge in [0.2, 0.25) is 0 Å². The second-order valence-electron chi connectivity index (χ2n) is 40.3. The maximum atomic E-state index is 2.58. The zero-order valence-corrected chi connectivity index (χ0v) is 78.3. The lowest BCUT2D eigenvalue weighted by molar-refractivity contribution is 0.356. The van der Waals surface area contributed by atoms with Gasteiger partial charge in [-0.1, -0.05) is 280 Å². The summed E-state index contributed by atoms with van der Waals surface area (Å²) in [7, 11) is 0. The quantitative estimate of drug-likeness (QED) is 0.0711. The second kappa shape index (κ2) is 41.4. The summed E-state index contributed by atoms with van der Waals surface area (Å²) in [6, 6.07) is 107. The van der Waals surface area contributed by atoms with Crippen LogP contribution >= 0.6 is 0 Å². The number of benzene rings is 12. The number of fused-ring (bicyclic) bond motifs is 8. The molecular weight excluding hydrogens is 1590 g/mol. The predicted octanol–water partition coefficient (Wildman–Crippen LogP) is 39.1. The topological polar surface area (TPSA) is 13.0 Å². The van der Waals surface area contributed by atoms with Crippen LogP contribution in [0.5, 0.6) is 0 Å². The molecule has 0 bridgehead atoms. The van der Waals surface area contributed by atoms with Crippen molar-refractivity contribution in [1.29, 1.82) is 0 Å². The van der Waals surface area contributed by atoms with E-state index in [9.17, 15) is 0 Å². The molecule has 0 atom stereocenters. The molecule has 12 aromatic rings. The van der Waals surface area contributed by atoms with E-state index in [4.69, 9.17) is 0 Å². The number of hydrogen-bond acceptors (Lipinski definition) is 4. The smallest absolute Gasteiger partial charge is 0.0468 e. The van der Waals surface area contributed by atoms with Crippen LogP contribution in [-0.4, -0.2) is 0 Å². The van der Waals surface area contributed by atoms with Gasteiger partial charge in [-0.3, -0.25) is 0 Å². The van der Waals surface area contributed by atoms with Gasteiger partial charge in [0.1, 0.15) is 0 Å². The monoisotopic (exact) mass is 1730 g/mol. The lowest BCUT2D eigenvalue weighted by Gasteiger charge is -2.32. The Bertz CT molecular complexity index is 5830. The third kappa shape index (κ3) is 20.6. The Balaban J connectivity index is 0.795. The zero-order valence-electron chi connectivity index (χ0n) is 78.3. The van der Waals surface area contributed by atoms with Gasteiger partial charge in [-0.15, -0.1) is 0 Å². The number of anilines is 12. The third-order valence-electron chi connectivity index (χ3n) is 30.8. The van der Waals surface area contributed by atoms with Crippen LogP contribution in [0.2, 0.25) is 0 Å². The molecule has 0 aliphatic heterocycles. The van der Waals surface area contributed by atoms with Crippen molar-refractivity contribution in [3.8, 4) is 44.5 Å². The van der Waals surface area contributed by atoms with Crippen molar-refractivity contribution < 1.29 is 0 Å². The highest BCUT2D eigenvalue weighted by Crippen LogP contribution is 2.55. The van der Waals surface area contributed by atoms with E-state index in [0.29, 0.717) is 0 Å². The van der Waals surface area contributed by atoms with Crippen molar-refractivity contribution in [3.63, 3.8) is 0 Å².